The van der Waals surface area contributed by atoms with Gasteiger partial charge in [0.15, 0.2) is 0 Å². The maximum atomic E-state index is 12.6. The van der Waals surface area contributed by atoms with Crippen molar-refractivity contribution in [3.8, 4) is 11.5 Å². The summed E-state index contributed by atoms with van der Waals surface area (Å²) in [6, 6.07) is 11.1. The largest absolute Gasteiger partial charge is 0.508 e. The highest BCUT2D eigenvalue weighted by molar-refractivity contribution is 5.90. The Kier molecular flexibility index (Phi) is 8.38. The minimum atomic E-state index is -1.34. The van der Waals surface area contributed by atoms with Crippen molar-refractivity contribution >= 4 is 23.9 Å². The van der Waals surface area contributed by atoms with Gasteiger partial charge in [-0.25, -0.2) is 9.59 Å². The molecule has 2 aromatic rings. The fourth-order valence-electron chi connectivity index (χ4n) is 2.64. The number of phenols is 1. The lowest BCUT2D eigenvalue weighted by atomic mass is 10.0. The molecular formula is C21H22N2O8. The third-order valence-corrected chi connectivity index (χ3v) is 4.20. The van der Waals surface area contributed by atoms with Crippen LogP contribution in [0.2, 0.25) is 0 Å². The van der Waals surface area contributed by atoms with Crippen molar-refractivity contribution in [3.05, 3.63) is 60.2 Å². The zero-order chi connectivity index (χ0) is 22.8. The lowest BCUT2D eigenvalue weighted by Gasteiger charge is -2.21. The van der Waals surface area contributed by atoms with Crippen LogP contribution in [0.25, 0.3) is 0 Å². The lowest BCUT2D eigenvalue weighted by Crippen LogP contribution is -2.52. The Hall–Kier alpha value is -4.08. The quantitative estimate of drug-likeness (QED) is 0.379. The van der Waals surface area contributed by atoms with Gasteiger partial charge in [-0.05, 0) is 36.2 Å². The van der Waals surface area contributed by atoms with E-state index in [1.165, 1.54) is 36.4 Å². The van der Waals surface area contributed by atoms with Gasteiger partial charge in [-0.1, -0.05) is 30.3 Å². The van der Waals surface area contributed by atoms with E-state index in [1.54, 1.807) is 18.2 Å². The summed E-state index contributed by atoms with van der Waals surface area (Å²) >= 11 is 0. The predicted octanol–water partition coefficient (Wildman–Crippen LogP) is 1.53. The highest BCUT2D eigenvalue weighted by Crippen LogP contribution is 2.12. The number of phenolic OH excluding ortho intramolecular Hbond substituents is 1. The van der Waals surface area contributed by atoms with Gasteiger partial charge in [0.05, 0.1) is 0 Å². The van der Waals surface area contributed by atoms with Gasteiger partial charge in [0.1, 0.15) is 23.6 Å². The molecule has 0 aliphatic heterocycles. The van der Waals surface area contributed by atoms with E-state index in [1.807, 2.05) is 0 Å². The van der Waals surface area contributed by atoms with E-state index in [-0.39, 0.29) is 24.3 Å². The van der Waals surface area contributed by atoms with Crippen molar-refractivity contribution in [2.75, 3.05) is 0 Å². The SMILES string of the molecule is O=C(O)CC[C@@H](NC(=O)Oc1ccccc1)C(=O)N[C@@H](Cc1ccc(O)cc1)C(=O)O. The molecule has 0 heterocycles. The van der Waals surface area contributed by atoms with Gasteiger partial charge in [0.25, 0.3) is 0 Å². The molecular weight excluding hydrogens is 408 g/mol. The molecule has 2 aromatic carbocycles. The molecule has 0 saturated carbocycles. The van der Waals surface area contributed by atoms with Crippen LogP contribution < -0.4 is 15.4 Å². The van der Waals surface area contributed by atoms with E-state index < -0.39 is 42.4 Å². The summed E-state index contributed by atoms with van der Waals surface area (Å²) in [6.45, 7) is 0. The number of rotatable bonds is 10. The van der Waals surface area contributed by atoms with E-state index >= 15 is 0 Å². The zero-order valence-corrected chi connectivity index (χ0v) is 16.4. The number of carbonyl (C=O) groups is 4. The number of para-hydroxylation sites is 1. The Labute approximate surface area is 177 Å². The Morgan fingerprint density at radius 3 is 2.10 bits per heavy atom. The van der Waals surface area contributed by atoms with Gasteiger partial charge >= 0.3 is 18.0 Å². The number of hydrogen-bond donors (Lipinski definition) is 5. The number of carboxylic acid groups (broad SMARTS) is 2. The van der Waals surface area contributed by atoms with E-state index in [9.17, 15) is 29.4 Å². The van der Waals surface area contributed by atoms with Crippen LogP contribution in [0.5, 0.6) is 11.5 Å². The molecule has 5 N–H and O–H groups in total. The molecule has 0 saturated heterocycles. The molecule has 2 amide bonds. The molecule has 0 aliphatic carbocycles. The Bertz CT molecular complexity index is 915. The molecule has 2 rings (SSSR count). The van der Waals surface area contributed by atoms with Crippen LogP contribution in [0.4, 0.5) is 4.79 Å². The number of carboxylic acids is 2. The molecule has 0 aromatic heterocycles. The summed E-state index contributed by atoms with van der Waals surface area (Å²) in [7, 11) is 0. The predicted molar refractivity (Wildman–Crippen MR) is 108 cm³/mol. The molecule has 164 valence electrons. The normalized spacial score (nSPS) is 12.3. The van der Waals surface area contributed by atoms with Crippen LogP contribution in [0.15, 0.2) is 54.6 Å². The average molecular weight is 430 g/mol. The molecule has 31 heavy (non-hydrogen) atoms. The van der Waals surface area contributed by atoms with Crippen LogP contribution in [0.3, 0.4) is 0 Å². The van der Waals surface area contributed by atoms with Crippen molar-refractivity contribution in [1.82, 2.24) is 10.6 Å². The molecule has 10 nitrogen and oxygen atoms in total. The molecule has 10 heteroatoms. The maximum Gasteiger partial charge on any atom is 0.413 e. The summed E-state index contributed by atoms with van der Waals surface area (Å²) in [5, 5.41) is 32.3. The van der Waals surface area contributed by atoms with Gasteiger partial charge in [-0.2, -0.15) is 0 Å². The van der Waals surface area contributed by atoms with Gasteiger partial charge in [-0.15, -0.1) is 0 Å². The first kappa shape index (κ1) is 23.2. The van der Waals surface area contributed by atoms with Crippen molar-refractivity contribution in [2.24, 2.45) is 0 Å². The van der Waals surface area contributed by atoms with Crippen molar-refractivity contribution in [2.45, 2.75) is 31.3 Å². The number of hydrogen-bond acceptors (Lipinski definition) is 6. The first-order valence-electron chi connectivity index (χ1n) is 9.31. The third-order valence-electron chi connectivity index (χ3n) is 4.20. The van der Waals surface area contributed by atoms with Gasteiger partial charge in [0.2, 0.25) is 5.91 Å². The van der Waals surface area contributed by atoms with Crippen LogP contribution in [0.1, 0.15) is 18.4 Å². The average Bonchev–Trinajstić information content (AvgIpc) is 2.72. The molecule has 0 radical (unpaired) electrons. The molecule has 0 fully saturated rings. The number of nitrogens with one attached hydrogen (secondary N) is 2. The van der Waals surface area contributed by atoms with Crippen LogP contribution in [-0.4, -0.2) is 51.3 Å². The number of benzene rings is 2. The summed E-state index contributed by atoms with van der Waals surface area (Å²) in [4.78, 5) is 47.2. The number of aromatic hydroxyl groups is 1. The number of carbonyl (C=O) groups excluding carboxylic acids is 2. The van der Waals surface area contributed by atoms with E-state index in [0.29, 0.717) is 5.56 Å². The highest BCUT2D eigenvalue weighted by Gasteiger charge is 2.27. The van der Waals surface area contributed by atoms with Crippen LogP contribution in [0, 0.1) is 0 Å². The molecule has 0 unspecified atom stereocenters. The fourth-order valence-corrected chi connectivity index (χ4v) is 2.64. The maximum absolute atomic E-state index is 12.6. The highest BCUT2D eigenvalue weighted by atomic mass is 16.6. The Morgan fingerprint density at radius 2 is 1.52 bits per heavy atom. The Balaban J connectivity index is 2.06. The van der Waals surface area contributed by atoms with E-state index in [4.69, 9.17) is 9.84 Å². The first-order valence-corrected chi connectivity index (χ1v) is 9.31. The minimum absolute atomic E-state index is 0.00882. The first-order chi connectivity index (χ1) is 14.7. The van der Waals surface area contributed by atoms with E-state index in [2.05, 4.69) is 10.6 Å². The third kappa shape index (κ3) is 8.05. The lowest BCUT2D eigenvalue weighted by molar-refractivity contribution is -0.142. The van der Waals surface area contributed by atoms with Crippen LogP contribution >= 0.6 is 0 Å². The second kappa shape index (κ2) is 11.2. The molecule has 2 atom stereocenters. The van der Waals surface area contributed by atoms with E-state index in [0.717, 1.165) is 0 Å². The standard InChI is InChI=1S/C21H22N2O8/c24-14-8-6-13(7-9-14)12-17(20(28)29)22-19(27)16(10-11-18(25)26)23-21(30)31-15-4-2-1-3-5-15/h1-9,16-17,24H,10-12H2,(H,22,27)(H,23,30)(H,25,26)(H,28,29)/t16-,17+/m1/s1. The van der Waals surface area contributed by atoms with Crippen molar-refractivity contribution in [3.63, 3.8) is 0 Å². The summed E-state index contributed by atoms with van der Waals surface area (Å²) in [6.07, 6.45) is -1.76. The summed E-state index contributed by atoms with van der Waals surface area (Å²) in [5.41, 5.74) is 0.545. The monoisotopic (exact) mass is 430 g/mol. The zero-order valence-electron chi connectivity index (χ0n) is 16.4. The minimum Gasteiger partial charge on any atom is -0.508 e. The number of ether oxygens (including phenoxy) is 1. The van der Waals surface area contributed by atoms with Crippen LogP contribution in [-0.2, 0) is 20.8 Å². The summed E-state index contributed by atoms with van der Waals surface area (Å²) in [5.74, 6) is -3.14. The molecule has 0 aliphatic rings. The number of aliphatic carboxylic acids is 2. The van der Waals surface area contributed by atoms with Gasteiger partial charge in [0, 0.05) is 12.8 Å². The second-order valence-corrected chi connectivity index (χ2v) is 6.60. The molecule has 0 bridgehead atoms. The van der Waals surface area contributed by atoms with Gasteiger partial charge in [-0.3, -0.25) is 9.59 Å². The molecule has 0 spiro atoms. The fraction of sp³-hybridized carbons (Fsp3) is 0.238. The number of amides is 2. The second-order valence-electron chi connectivity index (χ2n) is 6.60. The van der Waals surface area contributed by atoms with Crippen molar-refractivity contribution in [1.29, 1.82) is 0 Å². The summed E-state index contributed by atoms with van der Waals surface area (Å²) < 4.78 is 5.04. The van der Waals surface area contributed by atoms with Gasteiger partial charge < -0.3 is 30.7 Å². The Morgan fingerprint density at radius 1 is 0.871 bits per heavy atom. The smallest absolute Gasteiger partial charge is 0.413 e. The van der Waals surface area contributed by atoms with Crippen molar-refractivity contribution < 1.29 is 39.2 Å². The topological polar surface area (TPSA) is 162 Å².